The van der Waals surface area contributed by atoms with Gasteiger partial charge in [0.15, 0.2) is 5.96 Å². The first-order valence-electron chi connectivity index (χ1n) is 9.70. The Kier molecular flexibility index (Phi) is 5.99. The van der Waals surface area contributed by atoms with Crippen molar-refractivity contribution in [3.63, 3.8) is 0 Å². The summed E-state index contributed by atoms with van der Waals surface area (Å²) in [5.74, 6) is 2.47. The van der Waals surface area contributed by atoms with Crippen molar-refractivity contribution in [3.05, 3.63) is 59.8 Å². The van der Waals surface area contributed by atoms with Crippen molar-refractivity contribution in [2.75, 3.05) is 19.6 Å². The Morgan fingerprint density at radius 1 is 1.26 bits per heavy atom. The van der Waals surface area contributed by atoms with Crippen LogP contribution in [0.15, 0.2) is 52.0 Å². The van der Waals surface area contributed by atoms with Gasteiger partial charge in [-0.3, -0.25) is 0 Å². The second-order valence-corrected chi connectivity index (χ2v) is 7.83. The summed E-state index contributed by atoms with van der Waals surface area (Å²) in [6, 6.07) is 10.6. The second-order valence-electron chi connectivity index (χ2n) is 7.83. The lowest BCUT2D eigenvalue weighted by molar-refractivity contribution is 0.381. The average molecular weight is 367 g/mol. The van der Waals surface area contributed by atoms with E-state index in [0.717, 1.165) is 37.8 Å². The lowest BCUT2D eigenvalue weighted by Gasteiger charge is -2.29. The quantitative estimate of drug-likeness (QED) is 0.650. The van der Waals surface area contributed by atoms with Gasteiger partial charge in [-0.1, -0.05) is 57.2 Å². The van der Waals surface area contributed by atoms with Crippen LogP contribution in [0.5, 0.6) is 0 Å². The zero-order chi connectivity index (χ0) is 19.3. The molecule has 0 saturated heterocycles. The molecule has 144 valence electrons. The van der Waals surface area contributed by atoms with Gasteiger partial charge in [0.2, 0.25) is 5.89 Å². The van der Waals surface area contributed by atoms with E-state index in [0.29, 0.717) is 12.4 Å². The first kappa shape index (κ1) is 19.2. The highest BCUT2D eigenvalue weighted by molar-refractivity contribution is 5.81. The Labute approximate surface area is 162 Å². The predicted molar refractivity (Wildman–Crippen MR) is 111 cm³/mol. The molecule has 1 aliphatic heterocycles. The fraction of sp³-hybridized carbons (Fsp3) is 0.455. The van der Waals surface area contributed by atoms with Crippen LogP contribution in [0.4, 0.5) is 0 Å². The molecular weight excluding hydrogens is 336 g/mol. The van der Waals surface area contributed by atoms with Crippen LogP contribution in [-0.2, 0) is 12.0 Å². The molecule has 5 nitrogen and oxygen atoms in total. The van der Waals surface area contributed by atoms with E-state index in [2.05, 4.69) is 79.3 Å². The zero-order valence-electron chi connectivity index (χ0n) is 16.8. The molecule has 0 bridgehead atoms. The first-order chi connectivity index (χ1) is 13.0. The van der Waals surface area contributed by atoms with Crippen LogP contribution in [0.25, 0.3) is 5.57 Å². The molecule has 0 atom stereocenters. The topological polar surface area (TPSA) is 53.7 Å². The third-order valence-electron chi connectivity index (χ3n) is 4.64. The largest absolute Gasteiger partial charge is 0.443 e. The van der Waals surface area contributed by atoms with Gasteiger partial charge in [0.25, 0.3) is 0 Å². The second kappa shape index (κ2) is 8.42. The summed E-state index contributed by atoms with van der Waals surface area (Å²) >= 11 is 0. The Morgan fingerprint density at radius 3 is 2.63 bits per heavy atom. The molecule has 1 aliphatic rings. The van der Waals surface area contributed by atoms with Gasteiger partial charge in [0.1, 0.15) is 12.3 Å². The van der Waals surface area contributed by atoms with Crippen molar-refractivity contribution in [2.24, 2.45) is 4.99 Å². The maximum Gasteiger partial charge on any atom is 0.216 e. The van der Waals surface area contributed by atoms with Crippen molar-refractivity contribution < 1.29 is 4.42 Å². The minimum Gasteiger partial charge on any atom is -0.443 e. The molecule has 0 spiro atoms. The van der Waals surface area contributed by atoms with Gasteiger partial charge in [-0.25, -0.2) is 9.98 Å². The molecule has 0 radical (unpaired) electrons. The van der Waals surface area contributed by atoms with E-state index in [-0.39, 0.29) is 5.41 Å². The van der Waals surface area contributed by atoms with Gasteiger partial charge in [-0.05, 0) is 24.5 Å². The molecule has 5 heteroatoms. The maximum atomic E-state index is 5.86. The minimum absolute atomic E-state index is 0.0367. The van der Waals surface area contributed by atoms with Crippen LogP contribution in [0.3, 0.4) is 0 Å². The number of hydrogen-bond acceptors (Lipinski definition) is 3. The van der Waals surface area contributed by atoms with Crippen molar-refractivity contribution >= 4 is 11.5 Å². The number of aliphatic imine (C=N–C) groups is 1. The number of benzene rings is 1. The number of nitrogens with zero attached hydrogens (tertiary/aromatic N) is 3. The zero-order valence-corrected chi connectivity index (χ0v) is 16.8. The summed E-state index contributed by atoms with van der Waals surface area (Å²) in [5, 5.41) is 3.39. The van der Waals surface area contributed by atoms with Gasteiger partial charge in [0, 0.05) is 25.0 Å². The summed E-state index contributed by atoms with van der Waals surface area (Å²) in [7, 11) is 0. The Hall–Kier alpha value is -2.56. The number of hydrogen-bond donors (Lipinski definition) is 1. The third kappa shape index (κ3) is 5.00. The van der Waals surface area contributed by atoms with Crippen molar-refractivity contribution in [2.45, 2.75) is 46.1 Å². The highest BCUT2D eigenvalue weighted by Crippen LogP contribution is 2.24. The first-order valence-corrected chi connectivity index (χ1v) is 9.70. The predicted octanol–water partition coefficient (Wildman–Crippen LogP) is 4.23. The molecular formula is C22H30N4O. The summed E-state index contributed by atoms with van der Waals surface area (Å²) in [5.41, 5.74) is 2.68. The van der Waals surface area contributed by atoms with Gasteiger partial charge in [-0.2, -0.15) is 0 Å². The number of oxazole rings is 1. The van der Waals surface area contributed by atoms with Crippen LogP contribution < -0.4 is 5.32 Å². The minimum atomic E-state index is -0.0367. The third-order valence-corrected chi connectivity index (χ3v) is 4.64. The summed E-state index contributed by atoms with van der Waals surface area (Å²) in [6.07, 6.45) is 5.13. The molecule has 0 fully saturated rings. The summed E-state index contributed by atoms with van der Waals surface area (Å²) in [6.45, 7) is 11.5. The highest BCUT2D eigenvalue weighted by atomic mass is 16.4. The van der Waals surface area contributed by atoms with Crippen LogP contribution in [0, 0.1) is 0 Å². The van der Waals surface area contributed by atoms with Crippen molar-refractivity contribution in [1.82, 2.24) is 15.2 Å². The van der Waals surface area contributed by atoms with Crippen molar-refractivity contribution in [3.8, 4) is 0 Å². The Bertz CT molecular complexity index is 799. The molecule has 0 aliphatic carbocycles. The molecule has 2 heterocycles. The van der Waals surface area contributed by atoms with Gasteiger partial charge < -0.3 is 14.6 Å². The van der Waals surface area contributed by atoms with E-state index in [1.165, 1.54) is 11.1 Å². The fourth-order valence-electron chi connectivity index (χ4n) is 3.07. The average Bonchev–Trinajstić information content (AvgIpc) is 3.16. The van der Waals surface area contributed by atoms with E-state index in [4.69, 9.17) is 9.41 Å². The van der Waals surface area contributed by atoms with E-state index < -0.39 is 0 Å². The number of guanidine groups is 1. The van der Waals surface area contributed by atoms with Crippen LogP contribution in [-0.4, -0.2) is 35.5 Å². The summed E-state index contributed by atoms with van der Waals surface area (Å²) < 4.78 is 5.86. The Balaban J connectivity index is 1.68. The normalized spacial score (nSPS) is 15.6. The fourth-order valence-corrected chi connectivity index (χ4v) is 3.07. The SMILES string of the molecule is CCNC(=NCc1ncc(C(C)(C)C)o1)N1CC=C(c2ccccc2)CC1. The number of aromatic nitrogens is 1. The molecule has 0 unspecified atom stereocenters. The van der Waals surface area contributed by atoms with Crippen LogP contribution in [0.1, 0.15) is 51.3 Å². The molecule has 0 saturated carbocycles. The van der Waals surface area contributed by atoms with E-state index in [1.807, 2.05) is 6.20 Å². The molecule has 1 aromatic carbocycles. The van der Waals surface area contributed by atoms with Crippen LogP contribution >= 0.6 is 0 Å². The number of rotatable bonds is 4. The maximum absolute atomic E-state index is 5.86. The van der Waals surface area contributed by atoms with Crippen LogP contribution in [0.2, 0.25) is 0 Å². The summed E-state index contributed by atoms with van der Waals surface area (Å²) in [4.78, 5) is 11.4. The monoisotopic (exact) mass is 366 g/mol. The van der Waals surface area contributed by atoms with E-state index in [9.17, 15) is 0 Å². The molecule has 3 rings (SSSR count). The van der Waals surface area contributed by atoms with Gasteiger partial charge in [-0.15, -0.1) is 0 Å². The van der Waals surface area contributed by atoms with Gasteiger partial charge >= 0.3 is 0 Å². The molecule has 27 heavy (non-hydrogen) atoms. The lowest BCUT2D eigenvalue weighted by Crippen LogP contribution is -2.43. The lowest BCUT2D eigenvalue weighted by atomic mass is 9.94. The van der Waals surface area contributed by atoms with E-state index >= 15 is 0 Å². The molecule has 1 aromatic heterocycles. The Morgan fingerprint density at radius 2 is 2.04 bits per heavy atom. The van der Waals surface area contributed by atoms with E-state index in [1.54, 1.807) is 0 Å². The molecule has 2 aromatic rings. The molecule has 0 amide bonds. The smallest absolute Gasteiger partial charge is 0.216 e. The standard InChI is InChI=1S/C22H30N4O/c1-5-23-21(25-16-20-24-15-19(27-20)22(2,3)4)26-13-11-18(12-14-26)17-9-7-6-8-10-17/h6-11,15H,5,12-14,16H2,1-4H3,(H,23,25). The van der Waals surface area contributed by atoms with Crippen molar-refractivity contribution in [1.29, 1.82) is 0 Å². The number of nitrogens with one attached hydrogen (secondary N) is 1. The highest BCUT2D eigenvalue weighted by Gasteiger charge is 2.20. The molecule has 1 N–H and O–H groups in total. The van der Waals surface area contributed by atoms with Gasteiger partial charge in [0.05, 0.1) is 6.20 Å².